The lowest BCUT2D eigenvalue weighted by atomic mass is 9.97. The molecule has 2 heterocycles. The van der Waals surface area contributed by atoms with Gasteiger partial charge in [-0.3, -0.25) is 0 Å². The lowest BCUT2D eigenvalue weighted by Crippen LogP contribution is -2.09. The third kappa shape index (κ3) is 3.42. The van der Waals surface area contributed by atoms with E-state index >= 15 is 0 Å². The van der Waals surface area contributed by atoms with Crippen LogP contribution in [0.15, 0.2) is 30.9 Å². The number of aromatic nitrogens is 4. The van der Waals surface area contributed by atoms with E-state index in [2.05, 4.69) is 39.1 Å². The SMILES string of the molecule is C.CCc1c(O)ccc(CCNc2ncnc3nccnc23)c1C. The Morgan fingerprint density at radius 1 is 1.08 bits per heavy atom. The Kier molecular flexibility index (Phi) is 5.63. The van der Waals surface area contributed by atoms with Gasteiger partial charge in [-0.2, -0.15) is 0 Å². The summed E-state index contributed by atoms with van der Waals surface area (Å²) >= 11 is 0. The van der Waals surface area contributed by atoms with Crippen LogP contribution in [0.5, 0.6) is 5.75 Å². The van der Waals surface area contributed by atoms with Gasteiger partial charge in [0, 0.05) is 18.9 Å². The molecule has 0 radical (unpaired) electrons. The number of nitrogens with one attached hydrogen (secondary N) is 1. The molecule has 0 aliphatic heterocycles. The van der Waals surface area contributed by atoms with Gasteiger partial charge in [0.25, 0.3) is 0 Å². The predicted molar refractivity (Wildman–Crippen MR) is 96.3 cm³/mol. The summed E-state index contributed by atoms with van der Waals surface area (Å²) in [6.45, 7) is 4.83. The number of nitrogens with zero attached hydrogens (tertiary/aromatic N) is 4. The first-order valence-electron chi connectivity index (χ1n) is 7.66. The summed E-state index contributed by atoms with van der Waals surface area (Å²) in [4.78, 5) is 16.8. The van der Waals surface area contributed by atoms with Crippen molar-refractivity contribution in [3.05, 3.63) is 47.5 Å². The molecule has 0 bridgehead atoms. The summed E-state index contributed by atoms with van der Waals surface area (Å²) in [6, 6.07) is 3.75. The topological polar surface area (TPSA) is 83.8 Å². The first-order valence-corrected chi connectivity index (χ1v) is 7.66. The standard InChI is InChI=1S/C17H19N5O.CH4/c1-3-13-11(2)12(4-5-14(13)23)6-7-19-16-15-17(22-10-21-16)20-9-8-18-15;/h4-5,8-10,23H,3,6-7H2,1-2H3,(H,19,20,21,22);1H4. The molecular formula is C18H23N5O. The van der Waals surface area contributed by atoms with Gasteiger partial charge in [0.05, 0.1) is 0 Å². The fourth-order valence-corrected chi connectivity index (χ4v) is 2.75. The molecule has 0 fully saturated rings. The van der Waals surface area contributed by atoms with Gasteiger partial charge in [-0.1, -0.05) is 20.4 Å². The molecule has 0 saturated carbocycles. The van der Waals surface area contributed by atoms with Crippen LogP contribution in [0, 0.1) is 6.92 Å². The summed E-state index contributed by atoms with van der Waals surface area (Å²) in [6.07, 6.45) is 6.40. The minimum Gasteiger partial charge on any atom is -0.508 e. The van der Waals surface area contributed by atoms with Gasteiger partial charge in [0.1, 0.15) is 17.6 Å². The van der Waals surface area contributed by atoms with Crippen LogP contribution >= 0.6 is 0 Å². The Bertz CT molecular complexity index is 830. The molecule has 3 rings (SSSR count). The minimum absolute atomic E-state index is 0. The van der Waals surface area contributed by atoms with E-state index in [1.165, 1.54) is 11.9 Å². The number of phenolic OH excluding ortho intramolecular Hbond substituents is 1. The third-order valence-corrected chi connectivity index (χ3v) is 4.00. The summed E-state index contributed by atoms with van der Waals surface area (Å²) in [5.74, 6) is 1.06. The smallest absolute Gasteiger partial charge is 0.183 e. The Hall–Kier alpha value is -2.76. The van der Waals surface area contributed by atoms with Gasteiger partial charge >= 0.3 is 0 Å². The van der Waals surface area contributed by atoms with Crippen molar-refractivity contribution in [3.8, 4) is 5.75 Å². The van der Waals surface area contributed by atoms with Crippen molar-refractivity contribution in [2.24, 2.45) is 0 Å². The highest BCUT2D eigenvalue weighted by Crippen LogP contribution is 2.25. The molecule has 0 saturated heterocycles. The van der Waals surface area contributed by atoms with Gasteiger partial charge in [-0.05, 0) is 42.5 Å². The fourth-order valence-electron chi connectivity index (χ4n) is 2.75. The highest BCUT2D eigenvalue weighted by Gasteiger charge is 2.09. The third-order valence-electron chi connectivity index (χ3n) is 4.00. The average Bonchev–Trinajstić information content (AvgIpc) is 2.57. The molecule has 0 unspecified atom stereocenters. The molecule has 0 aliphatic carbocycles. The van der Waals surface area contributed by atoms with E-state index in [4.69, 9.17) is 0 Å². The number of anilines is 1. The summed E-state index contributed by atoms with van der Waals surface area (Å²) < 4.78 is 0. The van der Waals surface area contributed by atoms with Crippen LogP contribution in [-0.4, -0.2) is 31.6 Å². The number of hydrogen-bond acceptors (Lipinski definition) is 6. The van der Waals surface area contributed by atoms with Crippen molar-refractivity contribution < 1.29 is 5.11 Å². The second-order valence-corrected chi connectivity index (χ2v) is 5.33. The van der Waals surface area contributed by atoms with Crippen LogP contribution in [0.3, 0.4) is 0 Å². The van der Waals surface area contributed by atoms with Crippen molar-refractivity contribution >= 4 is 17.0 Å². The van der Waals surface area contributed by atoms with E-state index in [1.54, 1.807) is 18.5 Å². The van der Waals surface area contributed by atoms with Gasteiger partial charge in [-0.25, -0.2) is 19.9 Å². The first kappa shape index (κ1) is 17.6. The highest BCUT2D eigenvalue weighted by molar-refractivity contribution is 5.81. The lowest BCUT2D eigenvalue weighted by molar-refractivity contribution is 0.468. The van der Waals surface area contributed by atoms with E-state index in [-0.39, 0.29) is 7.43 Å². The van der Waals surface area contributed by atoms with Crippen molar-refractivity contribution in [2.45, 2.75) is 34.1 Å². The molecule has 0 amide bonds. The quantitative estimate of drug-likeness (QED) is 0.749. The number of rotatable bonds is 5. The number of hydrogen-bond donors (Lipinski definition) is 2. The Balaban J connectivity index is 0.00000208. The lowest BCUT2D eigenvalue weighted by Gasteiger charge is -2.13. The molecule has 126 valence electrons. The van der Waals surface area contributed by atoms with E-state index in [0.29, 0.717) is 22.7 Å². The first-order chi connectivity index (χ1) is 11.2. The second kappa shape index (κ2) is 7.68. The molecule has 2 N–H and O–H groups in total. The van der Waals surface area contributed by atoms with Crippen molar-refractivity contribution in [1.82, 2.24) is 19.9 Å². The molecule has 0 spiro atoms. The zero-order chi connectivity index (χ0) is 16.2. The van der Waals surface area contributed by atoms with Crippen molar-refractivity contribution in [2.75, 3.05) is 11.9 Å². The van der Waals surface area contributed by atoms with Crippen LogP contribution in [0.25, 0.3) is 11.2 Å². The summed E-state index contributed by atoms with van der Waals surface area (Å²) in [5, 5.41) is 13.2. The number of benzene rings is 1. The average molecular weight is 325 g/mol. The van der Waals surface area contributed by atoms with Crippen LogP contribution in [-0.2, 0) is 12.8 Å². The van der Waals surface area contributed by atoms with Gasteiger partial charge < -0.3 is 10.4 Å². The molecule has 0 aliphatic rings. The zero-order valence-corrected chi connectivity index (χ0v) is 13.2. The van der Waals surface area contributed by atoms with E-state index < -0.39 is 0 Å². The summed E-state index contributed by atoms with van der Waals surface area (Å²) in [5.41, 5.74) is 4.64. The molecule has 6 heteroatoms. The maximum absolute atomic E-state index is 9.89. The molecule has 2 aromatic heterocycles. The van der Waals surface area contributed by atoms with E-state index in [9.17, 15) is 5.11 Å². The van der Waals surface area contributed by atoms with Gasteiger partial charge in [-0.15, -0.1) is 0 Å². The maximum atomic E-state index is 9.89. The van der Waals surface area contributed by atoms with Crippen molar-refractivity contribution in [1.29, 1.82) is 0 Å². The number of aromatic hydroxyl groups is 1. The molecule has 1 aromatic carbocycles. The maximum Gasteiger partial charge on any atom is 0.183 e. The van der Waals surface area contributed by atoms with Crippen LogP contribution in [0.1, 0.15) is 31.0 Å². The van der Waals surface area contributed by atoms with Gasteiger partial charge in [0.15, 0.2) is 11.5 Å². The molecule has 24 heavy (non-hydrogen) atoms. The zero-order valence-electron chi connectivity index (χ0n) is 13.2. The Morgan fingerprint density at radius 2 is 1.88 bits per heavy atom. The number of phenols is 1. The minimum atomic E-state index is 0. The van der Waals surface area contributed by atoms with E-state index in [0.717, 1.165) is 30.5 Å². The van der Waals surface area contributed by atoms with E-state index in [1.807, 2.05) is 6.07 Å². The molecule has 0 atom stereocenters. The molecule has 6 nitrogen and oxygen atoms in total. The molecule has 3 aromatic rings. The van der Waals surface area contributed by atoms with Gasteiger partial charge in [0.2, 0.25) is 0 Å². The molecular weight excluding hydrogens is 302 g/mol. The van der Waals surface area contributed by atoms with Crippen LogP contribution in [0.4, 0.5) is 5.82 Å². The normalized spacial score (nSPS) is 10.4. The predicted octanol–water partition coefficient (Wildman–Crippen LogP) is 3.29. The Morgan fingerprint density at radius 3 is 2.67 bits per heavy atom. The second-order valence-electron chi connectivity index (χ2n) is 5.33. The van der Waals surface area contributed by atoms with Crippen LogP contribution < -0.4 is 5.32 Å². The largest absolute Gasteiger partial charge is 0.508 e. The fraction of sp³-hybridized carbons (Fsp3) is 0.333. The van der Waals surface area contributed by atoms with Crippen molar-refractivity contribution in [3.63, 3.8) is 0 Å². The highest BCUT2D eigenvalue weighted by atomic mass is 16.3. The number of fused-ring (bicyclic) bond motifs is 1. The summed E-state index contributed by atoms with van der Waals surface area (Å²) in [7, 11) is 0. The van der Waals surface area contributed by atoms with Crippen LogP contribution in [0.2, 0.25) is 0 Å². The Labute approximate surface area is 142 Å². The monoisotopic (exact) mass is 325 g/mol.